The third-order valence-electron chi connectivity index (χ3n) is 4.04. The maximum atomic E-state index is 11.4. The smallest absolute Gasteiger partial charge is 0.238 e. The fourth-order valence-electron chi connectivity index (χ4n) is 2.92. The molecule has 0 amide bonds. The van der Waals surface area contributed by atoms with Crippen molar-refractivity contribution in [3.63, 3.8) is 0 Å². The summed E-state index contributed by atoms with van der Waals surface area (Å²) in [5.41, 5.74) is 0.791. The minimum absolute atomic E-state index is 0.0969. The van der Waals surface area contributed by atoms with Gasteiger partial charge in [0.05, 0.1) is 4.90 Å². The van der Waals surface area contributed by atoms with Gasteiger partial charge >= 0.3 is 0 Å². The zero-order chi connectivity index (χ0) is 15.6. The fraction of sp³-hybridized carbons (Fsp3) is 0.467. The Hall–Kier alpha value is -1.73. The van der Waals surface area contributed by atoms with Gasteiger partial charge in [0, 0.05) is 12.8 Å². The molecule has 6 nitrogen and oxygen atoms in total. The second kappa shape index (κ2) is 6.18. The van der Waals surface area contributed by atoms with Crippen molar-refractivity contribution in [1.29, 1.82) is 0 Å². The molecule has 0 radical (unpaired) electrons. The van der Waals surface area contributed by atoms with Gasteiger partial charge in [0.15, 0.2) is 5.82 Å². The highest BCUT2D eigenvalue weighted by molar-refractivity contribution is 7.89. The first-order valence-corrected chi connectivity index (χ1v) is 8.98. The number of aromatic nitrogens is 2. The Labute approximate surface area is 129 Å². The van der Waals surface area contributed by atoms with E-state index in [2.05, 4.69) is 10.1 Å². The highest BCUT2D eigenvalue weighted by atomic mass is 32.2. The molecule has 118 valence electrons. The Balaban J connectivity index is 1.69. The van der Waals surface area contributed by atoms with E-state index in [4.69, 9.17) is 9.66 Å². The molecular formula is C15H19N3O3S. The van der Waals surface area contributed by atoms with Crippen LogP contribution in [0.15, 0.2) is 33.7 Å². The topological polar surface area (TPSA) is 99.1 Å². The van der Waals surface area contributed by atoms with Crippen molar-refractivity contribution in [3.8, 4) is 0 Å². The van der Waals surface area contributed by atoms with Gasteiger partial charge in [-0.2, -0.15) is 4.98 Å². The van der Waals surface area contributed by atoms with Crippen LogP contribution in [0.25, 0.3) is 0 Å². The summed E-state index contributed by atoms with van der Waals surface area (Å²) in [5, 5.41) is 9.12. The molecule has 2 N–H and O–H groups in total. The van der Waals surface area contributed by atoms with Crippen LogP contribution in [0.4, 0.5) is 0 Å². The lowest BCUT2D eigenvalue weighted by atomic mass is 10.0. The van der Waals surface area contributed by atoms with Crippen LogP contribution in [0.2, 0.25) is 0 Å². The number of primary sulfonamides is 1. The molecule has 0 unspecified atom stereocenters. The summed E-state index contributed by atoms with van der Waals surface area (Å²) in [6.07, 6.45) is 6.29. The van der Waals surface area contributed by atoms with Gasteiger partial charge in [0.1, 0.15) is 0 Å². The van der Waals surface area contributed by atoms with Crippen LogP contribution in [-0.2, 0) is 22.9 Å². The van der Waals surface area contributed by atoms with Gasteiger partial charge in [-0.3, -0.25) is 0 Å². The number of sulfonamides is 1. The quantitative estimate of drug-likeness (QED) is 0.908. The molecule has 0 saturated heterocycles. The predicted molar refractivity (Wildman–Crippen MR) is 80.6 cm³/mol. The largest absolute Gasteiger partial charge is 0.339 e. The lowest BCUT2D eigenvalue weighted by Crippen LogP contribution is -2.12. The Kier molecular flexibility index (Phi) is 4.26. The van der Waals surface area contributed by atoms with Gasteiger partial charge < -0.3 is 4.52 Å². The number of nitrogens with two attached hydrogens (primary N) is 1. The Morgan fingerprint density at radius 2 is 2.05 bits per heavy atom. The molecule has 1 saturated carbocycles. The first-order valence-electron chi connectivity index (χ1n) is 7.44. The van der Waals surface area contributed by atoms with Crippen LogP contribution in [0, 0.1) is 5.92 Å². The molecule has 2 aromatic rings. The summed E-state index contributed by atoms with van der Waals surface area (Å²) < 4.78 is 28.0. The van der Waals surface area contributed by atoms with Gasteiger partial charge in [0.25, 0.3) is 0 Å². The molecule has 1 heterocycles. The van der Waals surface area contributed by atoms with Crippen LogP contribution in [0.5, 0.6) is 0 Å². The molecule has 1 aliphatic rings. The third-order valence-corrected chi connectivity index (χ3v) is 4.95. The molecule has 1 fully saturated rings. The molecule has 0 bridgehead atoms. The van der Waals surface area contributed by atoms with Crippen LogP contribution < -0.4 is 5.14 Å². The highest BCUT2D eigenvalue weighted by Crippen LogP contribution is 2.27. The van der Waals surface area contributed by atoms with E-state index in [-0.39, 0.29) is 4.90 Å². The summed E-state index contributed by atoms with van der Waals surface area (Å²) >= 11 is 0. The van der Waals surface area contributed by atoms with Crippen molar-refractivity contribution in [3.05, 3.63) is 41.5 Å². The number of hydrogen-bond donors (Lipinski definition) is 1. The maximum Gasteiger partial charge on any atom is 0.238 e. The standard InChI is InChI=1S/C15H19N3O3S/c16-22(19,20)13-7-3-6-12(8-13)9-14-17-15(21-18-14)10-11-4-1-2-5-11/h3,6-8,11H,1-2,4-5,9-10H2,(H2,16,19,20). The van der Waals surface area contributed by atoms with Crippen LogP contribution in [-0.4, -0.2) is 18.6 Å². The zero-order valence-corrected chi connectivity index (χ0v) is 13.1. The summed E-state index contributed by atoms with van der Waals surface area (Å²) in [6.45, 7) is 0. The fourth-order valence-corrected chi connectivity index (χ4v) is 3.51. The second-order valence-electron chi connectivity index (χ2n) is 5.83. The summed E-state index contributed by atoms with van der Waals surface area (Å²) in [5.74, 6) is 1.89. The van der Waals surface area contributed by atoms with E-state index in [0.717, 1.165) is 12.0 Å². The van der Waals surface area contributed by atoms with Crippen LogP contribution in [0.1, 0.15) is 43.0 Å². The minimum atomic E-state index is -3.69. The van der Waals surface area contributed by atoms with Gasteiger partial charge in [-0.15, -0.1) is 0 Å². The Bertz CT molecular complexity index is 749. The molecular weight excluding hydrogens is 302 g/mol. The lowest BCUT2D eigenvalue weighted by molar-refractivity contribution is 0.350. The first kappa shape index (κ1) is 15.2. The third kappa shape index (κ3) is 3.72. The van der Waals surface area contributed by atoms with Crippen molar-refractivity contribution in [2.75, 3.05) is 0 Å². The molecule has 0 spiro atoms. The van der Waals surface area contributed by atoms with E-state index in [1.807, 2.05) is 6.07 Å². The maximum absolute atomic E-state index is 11.4. The average molecular weight is 321 g/mol. The van der Waals surface area contributed by atoms with E-state index in [9.17, 15) is 8.42 Å². The van der Waals surface area contributed by atoms with E-state index >= 15 is 0 Å². The molecule has 1 aliphatic carbocycles. The van der Waals surface area contributed by atoms with Crippen molar-refractivity contribution < 1.29 is 12.9 Å². The molecule has 22 heavy (non-hydrogen) atoms. The molecule has 0 aliphatic heterocycles. The van der Waals surface area contributed by atoms with E-state index in [0.29, 0.717) is 24.1 Å². The van der Waals surface area contributed by atoms with Gasteiger partial charge in [-0.25, -0.2) is 13.6 Å². The molecule has 3 rings (SSSR count). The predicted octanol–water partition coefficient (Wildman–Crippen LogP) is 2.04. The summed E-state index contributed by atoms with van der Waals surface area (Å²) in [4.78, 5) is 4.50. The lowest BCUT2D eigenvalue weighted by Gasteiger charge is -2.03. The van der Waals surface area contributed by atoms with Crippen molar-refractivity contribution in [2.24, 2.45) is 11.1 Å². The van der Waals surface area contributed by atoms with E-state index < -0.39 is 10.0 Å². The average Bonchev–Trinajstić information content (AvgIpc) is 3.11. The molecule has 0 atom stereocenters. The molecule has 7 heteroatoms. The second-order valence-corrected chi connectivity index (χ2v) is 7.39. The Morgan fingerprint density at radius 1 is 1.27 bits per heavy atom. The van der Waals surface area contributed by atoms with Gasteiger partial charge in [-0.1, -0.05) is 30.1 Å². The van der Waals surface area contributed by atoms with Crippen molar-refractivity contribution >= 4 is 10.0 Å². The number of benzene rings is 1. The SMILES string of the molecule is NS(=O)(=O)c1cccc(Cc2noc(CC3CCCC3)n2)c1. The summed E-state index contributed by atoms with van der Waals surface area (Å²) in [7, 11) is -3.69. The van der Waals surface area contributed by atoms with E-state index in [1.165, 1.54) is 31.7 Å². The number of nitrogens with zero attached hydrogens (tertiary/aromatic N) is 2. The Morgan fingerprint density at radius 3 is 2.77 bits per heavy atom. The normalized spacial score (nSPS) is 16.2. The number of hydrogen-bond acceptors (Lipinski definition) is 5. The van der Waals surface area contributed by atoms with Crippen LogP contribution >= 0.6 is 0 Å². The van der Waals surface area contributed by atoms with Gasteiger partial charge in [-0.05, 0) is 36.5 Å². The van der Waals surface area contributed by atoms with Gasteiger partial charge in [0.2, 0.25) is 15.9 Å². The zero-order valence-electron chi connectivity index (χ0n) is 12.2. The minimum Gasteiger partial charge on any atom is -0.339 e. The van der Waals surface area contributed by atoms with Crippen molar-refractivity contribution in [2.45, 2.75) is 43.4 Å². The summed E-state index contributed by atoms with van der Waals surface area (Å²) in [6, 6.07) is 6.50. The van der Waals surface area contributed by atoms with Crippen molar-refractivity contribution in [1.82, 2.24) is 10.1 Å². The number of rotatable bonds is 5. The monoisotopic (exact) mass is 321 g/mol. The highest BCUT2D eigenvalue weighted by Gasteiger charge is 2.19. The van der Waals surface area contributed by atoms with Crippen LogP contribution in [0.3, 0.4) is 0 Å². The van der Waals surface area contributed by atoms with E-state index in [1.54, 1.807) is 12.1 Å². The molecule has 1 aromatic heterocycles. The first-order chi connectivity index (χ1) is 10.5. The molecule has 1 aromatic carbocycles.